The Morgan fingerprint density at radius 2 is 2.18 bits per heavy atom. The Morgan fingerprint density at radius 3 is 2.76 bits per heavy atom. The van der Waals surface area contributed by atoms with Crippen molar-refractivity contribution < 1.29 is 4.52 Å². The van der Waals surface area contributed by atoms with Gasteiger partial charge in [-0.05, 0) is 20.8 Å². The van der Waals surface area contributed by atoms with Crippen LogP contribution in [0.5, 0.6) is 0 Å². The summed E-state index contributed by atoms with van der Waals surface area (Å²) in [7, 11) is 0. The molecule has 6 heteroatoms. The van der Waals surface area contributed by atoms with E-state index < -0.39 is 0 Å². The van der Waals surface area contributed by atoms with Crippen molar-refractivity contribution in [1.29, 1.82) is 0 Å². The molecule has 17 heavy (non-hydrogen) atoms. The summed E-state index contributed by atoms with van der Waals surface area (Å²) in [6, 6.07) is 0. The van der Waals surface area contributed by atoms with Gasteiger partial charge in [-0.2, -0.15) is 10.1 Å². The van der Waals surface area contributed by atoms with Gasteiger partial charge in [-0.1, -0.05) is 5.16 Å². The molecule has 0 atom stereocenters. The molecular formula is C11H17N5O. The van der Waals surface area contributed by atoms with Crippen molar-refractivity contribution in [2.75, 3.05) is 0 Å². The van der Waals surface area contributed by atoms with E-state index in [1.54, 1.807) is 0 Å². The maximum atomic E-state index is 4.65. The third-order valence-corrected chi connectivity index (χ3v) is 2.34. The summed E-state index contributed by atoms with van der Waals surface area (Å²) in [6.07, 6.45) is 5.24. The molecular weight excluding hydrogens is 218 g/mol. The van der Waals surface area contributed by atoms with Gasteiger partial charge in [0.1, 0.15) is 0 Å². The van der Waals surface area contributed by atoms with E-state index in [1.165, 1.54) is 6.39 Å². The fourth-order valence-corrected chi connectivity index (χ4v) is 1.41. The number of nitrogens with one attached hydrogen (secondary N) is 1. The van der Waals surface area contributed by atoms with Gasteiger partial charge in [0.05, 0.1) is 18.3 Å². The molecule has 6 nitrogen and oxygen atoms in total. The van der Waals surface area contributed by atoms with Crippen molar-refractivity contribution in [3.63, 3.8) is 0 Å². The molecule has 0 bridgehead atoms. The van der Waals surface area contributed by atoms with Crippen LogP contribution in [0.25, 0.3) is 0 Å². The van der Waals surface area contributed by atoms with Crippen molar-refractivity contribution in [3.8, 4) is 0 Å². The smallest absolute Gasteiger partial charge is 0.213 e. The lowest BCUT2D eigenvalue weighted by molar-refractivity contribution is 0.355. The fraction of sp³-hybridized carbons (Fsp3) is 0.545. The second kappa shape index (κ2) is 4.67. The molecule has 1 N–H and O–H groups in total. The first-order valence-electron chi connectivity index (χ1n) is 5.56. The molecule has 0 amide bonds. The number of aromatic nitrogens is 4. The summed E-state index contributed by atoms with van der Waals surface area (Å²) in [4.78, 5) is 3.93. The van der Waals surface area contributed by atoms with Gasteiger partial charge in [0.15, 0.2) is 5.82 Å². The summed E-state index contributed by atoms with van der Waals surface area (Å²) < 4.78 is 6.61. The zero-order valence-corrected chi connectivity index (χ0v) is 10.3. The van der Waals surface area contributed by atoms with E-state index in [4.69, 9.17) is 0 Å². The highest BCUT2D eigenvalue weighted by Gasteiger charge is 2.13. The van der Waals surface area contributed by atoms with E-state index in [9.17, 15) is 0 Å². The first kappa shape index (κ1) is 11.8. The number of hydrogen-bond acceptors (Lipinski definition) is 5. The Labute approximate surface area is 100 Å². The molecule has 0 aliphatic heterocycles. The van der Waals surface area contributed by atoms with Gasteiger partial charge in [0, 0.05) is 18.3 Å². The van der Waals surface area contributed by atoms with Crippen molar-refractivity contribution in [2.45, 2.75) is 39.4 Å². The van der Waals surface area contributed by atoms with Crippen LogP contribution in [0.2, 0.25) is 0 Å². The Hall–Kier alpha value is -1.69. The monoisotopic (exact) mass is 235 g/mol. The van der Waals surface area contributed by atoms with Crippen molar-refractivity contribution in [3.05, 3.63) is 30.2 Å². The van der Waals surface area contributed by atoms with Crippen LogP contribution in [0.3, 0.4) is 0 Å². The van der Waals surface area contributed by atoms with Crippen LogP contribution in [0, 0.1) is 0 Å². The third-order valence-electron chi connectivity index (χ3n) is 2.34. The van der Waals surface area contributed by atoms with Gasteiger partial charge in [0.2, 0.25) is 6.39 Å². The molecule has 2 aromatic heterocycles. The minimum absolute atomic E-state index is 0.0198. The molecule has 0 unspecified atom stereocenters. The summed E-state index contributed by atoms with van der Waals surface area (Å²) in [5.74, 6) is 0.660. The average Bonchev–Trinajstić information content (AvgIpc) is 2.86. The normalized spacial score (nSPS) is 11.9. The molecule has 2 heterocycles. The number of rotatable bonds is 4. The topological polar surface area (TPSA) is 68.8 Å². The van der Waals surface area contributed by atoms with E-state index in [0.29, 0.717) is 12.4 Å². The maximum absolute atomic E-state index is 4.65. The van der Waals surface area contributed by atoms with E-state index in [0.717, 1.165) is 12.1 Å². The Morgan fingerprint density at radius 1 is 1.35 bits per heavy atom. The highest BCUT2D eigenvalue weighted by molar-refractivity contribution is 5.04. The van der Waals surface area contributed by atoms with Crippen LogP contribution in [0.15, 0.2) is 23.3 Å². The van der Waals surface area contributed by atoms with Crippen molar-refractivity contribution >= 4 is 0 Å². The van der Waals surface area contributed by atoms with E-state index in [2.05, 4.69) is 45.9 Å². The third kappa shape index (κ3) is 3.13. The lowest BCUT2D eigenvalue weighted by Gasteiger charge is -2.18. The first-order valence-corrected chi connectivity index (χ1v) is 5.56. The summed E-state index contributed by atoms with van der Waals surface area (Å²) in [6.45, 7) is 7.70. The summed E-state index contributed by atoms with van der Waals surface area (Å²) >= 11 is 0. The predicted molar refractivity (Wildman–Crippen MR) is 62.1 cm³/mol. The van der Waals surface area contributed by atoms with Crippen LogP contribution in [-0.2, 0) is 18.6 Å². The zero-order chi connectivity index (χ0) is 12.3. The van der Waals surface area contributed by atoms with Crippen molar-refractivity contribution in [1.82, 2.24) is 25.2 Å². The molecule has 0 radical (unpaired) electrons. The first-order chi connectivity index (χ1) is 8.05. The van der Waals surface area contributed by atoms with E-state index in [1.807, 2.05) is 17.1 Å². The van der Waals surface area contributed by atoms with Gasteiger partial charge in [-0.25, -0.2) is 0 Å². The van der Waals surface area contributed by atoms with Crippen molar-refractivity contribution in [2.24, 2.45) is 0 Å². The highest BCUT2D eigenvalue weighted by atomic mass is 16.5. The average molecular weight is 235 g/mol. The number of hydrogen-bond donors (Lipinski definition) is 1. The molecule has 2 rings (SSSR count). The second-order valence-electron chi connectivity index (χ2n) is 4.91. The molecule has 0 spiro atoms. The second-order valence-corrected chi connectivity index (χ2v) is 4.91. The van der Waals surface area contributed by atoms with Gasteiger partial charge in [-0.3, -0.25) is 4.68 Å². The van der Waals surface area contributed by atoms with Crippen LogP contribution < -0.4 is 5.32 Å². The quantitative estimate of drug-likeness (QED) is 0.865. The predicted octanol–water partition coefficient (Wildman–Crippen LogP) is 1.31. The Balaban J connectivity index is 1.85. The molecule has 0 aromatic carbocycles. The Kier molecular flexibility index (Phi) is 3.23. The van der Waals surface area contributed by atoms with Crippen LogP contribution in [0.1, 0.15) is 32.2 Å². The molecule has 0 saturated carbocycles. The molecule has 0 aliphatic rings. The molecule has 0 aliphatic carbocycles. The van der Waals surface area contributed by atoms with Gasteiger partial charge < -0.3 is 9.84 Å². The molecule has 92 valence electrons. The van der Waals surface area contributed by atoms with Crippen LogP contribution in [0.4, 0.5) is 0 Å². The number of nitrogens with zero attached hydrogens (tertiary/aromatic N) is 4. The van der Waals surface area contributed by atoms with Gasteiger partial charge in [-0.15, -0.1) is 0 Å². The molecule has 2 aromatic rings. The van der Waals surface area contributed by atoms with Crippen LogP contribution in [-0.4, -0.2) is 19.9 Å². The maximum Gasteiger partial charge on any atom is 0.213 e. The summed E-state index contributed by atoms with van der Waals surface area (Å²) in [5.41, 5.74) is 1.16. The minimum atomic E-state index is 0.0198. The molecule has 0 fully saturated rings. The lowest BCUT2D eigenvalue weighted by Crippen LogP contribution is -2.22. The summed E-state index contributed by atoms with van der Waals surface area (Å²) in [5, 5.41) is 11.3. The largest absolute Gasteiger partial charge is 0.343 e. The zero-order valence-electron chi connectivity index (χ0n) is 10.3. The SMILES string of the molecule is CC(C)(C)n1cc(CNCc2ncon2)cn1. The standard InChI is InChI=1S/C11H17N5O/c1-11(2,3)16-7-9(5-14-16)4-12-6-10-13-8-17-15-10/h5,7-8,12H,4,6H2,1-3H3. The van der Waals surface area contributed by atoms with Crippen LogP contribution >= 0.6 is 0 Å². The molecule has 0 saturated heterocycles. The van der Waals surface area contributed by atoms with E-state index in [-0.39, 0.29) is 5.54 Å². The Bertz CT molecular complexity index is 454. The minimum Gasteiger partial charge on any atom is -0.343 e. The highest BCUT2D eigenvalue weighted by Crippen LogP contribution is 2.12. The van der Waals surface area contributed by atoms with E-state index >= 15 is 0 Å². The van der Waals surface area contributed by atoms with Gasteiger partial charge >= 0.3 is 0 Å². The lowest BCUT2D eigenvalue weighted by atomic mass is 10.1. The fourth-order valence-electron chi connectivity index (χ4n) is 1.41. The van der Waals surface area contributed by atoms with Gasteiger partial charge in [0.25, 0.3) is 0 Å².